The minimum atomic E-state index is -0.562. The van der Waals surface area contributed by atoms with Gasteiger partial charge in [0, 0.05) is 30.1 Å². The van der Waals surface area contributed by atoms with Crippen molar-refractivity contribution in [2.24, 2.45) is 0 Å². The molecule has 1 unspecified atom stereocenters. The van der Waals surface area contributed by atoms with Crippen LogP contribution in [0.4, 0.5) is 10.1 Å². The van der Waals surface area contributed by atoms with Crippen LogP contribution in [-0.2, 0) is 11.3 Å². The summed E-state index contributed by atoms with van der Waals surface area (Å²) in [5, 5.41) is 12.8. The van der Waals surface area contributed by atoms with E-state index in [1.54, 1.807) is 0 Å². The first-order chi connectivity index (χ1) is 16.0. The Morgan fingerprint density at radius 3 is 2.76 bits per heavy atom. The zero-order valence-corrected chi connectivity index (χ0v) is 19.2. The van der Waals surface area contributed by atoms with Crippen LogP contribution in [0.5, 0.6) is 0 Å². The topological polar surface area (TPSA) is 91.8 Å². The van der Waals surface area contributed by atoms with Crippen LogP contribution in [0.3, 0.4) is 0 Å². The first-order valence-electron chi connectivity index (χ1n) is 10.9. The van der Waals surface area contributed by atoms with E-state index in [0.717, 1.165) is 49.3 Å². The molecule has 9 heteroatoms. The second-order valence-electron chi connectivity index (χ2n) is 8.05. The van der Waals surface area contributed by atoms with Gasteiger partial charge in [0.25, 0.3) is 5.91 Å². The van der Waals surface area contributed by atoms with Gasteiger partial charge in [-0.25, -0.2) is 14.2 Å². The number of methoxy groups -OCH3 is 1. The van der Waals surface area contributed by atoms with Gasteiger partial charge in [0.15, 0.2) is 0 Å². The molecule has 2 N–H and O–H groups in total. The first kappa shape index (κ1) is 23.3. The third-order valence-corrected chi connectivity index (χ3v) is 6.98. The van der Waals surface area contributed by atoms with E-state index in [1.807, 2.05) is 12.1 Å². The number of hydrogen-bond donors (Lipinski definition) is 2. The summed E-state index contributed by atoms with van der Waals surface area (Å²) in [4.78, 5) is 33.1. The van der Waals surface area contributed by atoms with E-state index >= 15 is 0 Å². The molecule has 1 atom stereocenters. The normalized spacial score (nSPS) is 16.6. The van der Waals surface area contributed by atoms with E-state index in [4.69, 9.17) is 9.72 Å². The molecular weight excluding hydrogens is 445 g/mol. The molecule has 0 radical (unpaired) electrons. The summed E-state index contributed by atoms with van der Waals surface area (Å²) in [5.74, 6) is -1.45. The average molecular weight is 472 g/mol. The summed E-state index contributed by atoms with van der Waals surface area (Å²) >= 11 is 1.16. The number of carbonyl (C=O) groups excluding carboxylic acids is 2. The number of hydrogen-bond acceptors (Lipinski definition) is 7. The van der Waals surface area contributed by atoms with Crippen molar-refractivity contribution < 1.29 is 23.8 Å². The van der Waals surface area contributed by atoms with E-state index in [9.17, 15) is 19.1 Å². The lowest BCUT2D eigenvalue weighted by Gasteiger charge is -2.35. The standard InChI is InChI=1S/C24H26FN3O4S/c1-32-24(31)21-20(27-22(30)15-5-7-16(25)8-6-15)19-10-9-17(26-23(19)33-21)14-28-12-3-2-4-18(28)11-13-29/h5-10,18,29H,2-4,11-14H2,1H3,(H,27,30). The number of fused-ring (bicyclic) bond motifs is 1. The van der Waals surface area contributed by atoms with E-state index in [-0.39, 0.29) is 17.0 Å². The number of likely N-dealkylation sites (tertiary alicyclic amines) is 1. The summed E-state index contributed by atoms with van der Waals surface area (Å²) in [7, 11) is 1.29. The second-order valence-corrected chi connectivity index (χ2v) is 9.05. The third-order valence-electron chi connectivity index (χ3n) is 5.91. The van der Waals surface area contributed by atoms with Gasteiger partial charge in [0.1, 0.15) is 15.5 Å². The molecule has 33 heavy (non-hydrogen) atoms. The number of nitrogens with zero attached hydrogens (tertiary/aromatic N) is 2. The number of nitrogens with one attached hydrogen (secondary N) is 1. The van der Waals surface area contributed by atoms with Gasteiger partial charge in [-0.3, -0.25) is 9.69 Å². The fourth-order valence-electron chi connectivity index (χ4n) is 4.20. The SMILES string of the molecule is COC(=O)c1sc2nc(CN3CCCCC3CCO)ccc2c1NC(=O)c1ccc(F)cc1. The number of aromatic nitrogens is 1. The molecule has 3 heterocycles. The van der Waals surface area contributed by atoms with Crippen molar-refractivity contribution in [3.8, 4) is 0 Å². The van der Waals surface area contributed by atoms with Crippen molar-refractivity contribution in [1.82, 2.24) is 9.88 Å². The molecule has 1 fully saturated rings. The number of halogens is 1. The lowest BCUT2D eigenvalue weighted by molar-refractivity contribution is 0.0607. The Hall–Kier alpha value is -2.88. The van der Waals surface area contributed by atoms with Crippen molar-refractivity contribution in [3.63, 3.8) is 0 Å². The summed E-state index contributed by atoms with van der Waals surface area (Å²) in [6.07, 6.45) is 4.09. The Morgan fingerprint density at radius 1 is 1.24 bits per heavy atom. The van der Waals surface area contributed by atoms with Crippen LogP contribution >= 0.6 is 11.3 Å². The van der Waals surface area contributed by atoms with E-state index < -0.39 is 17.7 Å². The lowest BCUT2D eigenvalue weighted by Crippen LogP contribution is -2.39. The highest BCUT2D eigenvalue weighted by Gasteiger charge is 2.25. The predicted molar refractivity (Wildman–Crippen MR) is 125 cm³/mol. The average Bonchev–Trinajstić information content (AvgIpc) is 3.18. The van der Waals surface area contributed by atoms with Gasteiger partial charge >= 0.3 is 5.97 Å². The molecule has 0 spiro atoms. The Labute approximate surface area is 195 Å². The number of piperidine rings is 1. The molecule has 4 rings (SSSR count). The van der Waals surface area contributed by atoms with E-state index in [0.29, 0.717) is 28.5 Å². The Bertz CT molecular complexity index is 1150. The maximum Gasteiger partial charge on any atom is 0.350 e. The van der Waals surface area contributed by atoms with Crippen molar-refractivity contribution >= 4 is 39.1 Å². The Kier molecular flexibility index (Phi) is 7.32. The highest BCUT2D eigenvalue weighted by molar-refractivity contribution is 7.21. The van der Waals surface area contributed by atoms with Crippen LogP contribution in [0, 0.1) is 5.82 Å². The molecular formula is C24H26FN3O4S. The molecule has 0 saturated carbocycles. The van der Waals surface area contributed by atoms with E-state index in [2.05, 4.69) is 10.2 Å². The summed E-state index contributed by atoms with van der Waals surface area (Å²) in [6.45, 7) is 1.78. The molecule has 2 aromatic heterocycles. The minimum absolute atomic E-state index is 0.165. The Morgan fingerprint density at radius 2 is 2.03 bits per heavy atom. The number of aliphatic hydroxyl groups is 1. The summed E-state index contributed by atoms with van der Waals surface area (Å²) in [6, 6.07) is 9.27. The molecule has 3 aromatic rings. The van der Waals surface area contributed by atoms with Crippen LogP contribution < -0.4 is 5.32 Å². The van der Waals surface area contributed by atoms with Crippen LogP contribution in [0.2, 0.25) is 0 Å². The minimum Gasteiger partial charge on any atom is -0.465 e. The maximum absolute atomic E-state index is 13.2. The van der Waals surface area contributed by atoms with Gasteiger partial charge in [-0.15, -0.1) is 11.3 Å². The molecule has 7 nitrogen and oxygen atoms in total. The second kappa shape index (κ2) is 10.4. The number of rotatable bonds is 7. The largest absolute Gasteiger partial charge is 0.465 e. The third kappa shape index (κ3) is 5.21. The van der Waals surface area contributed by atoms with Gasteiger partial charge in [0.2, 0.25) is 0 Å². The van der Waals surface area contributed by atoms with Crippen LogP contribution in [0.1, 0.15) is 51.4 Å². The number of esters is 1. The van der Waals surface area contributed by atoms with Gasteiger partial charge in [-0.05, 0) is 62.2 Å². The summed E-state index contributed by atoms with van der Waals surface area (Å²) < 4.78 is 18.1. The van der Waals surface area contributed by atoms with Crippen molar-refractivity contribution in [1.29, 1.82) is 0 Å². The van der Waals surface area contributed by atoms with E-state index in [1.165, 1.54) is 31.4 Å². The zero-order chi connectivity index (χ0) is 23.4. The van der Waals surface area contributed by atoms with Crippen LogP contribution in [-0.4, -0.2) is 53.2 Å². The predicted octanol–water partition coefficient (Wildman–Crippen LogP) is 4.21. The lowest BCUT2D eigenvalue weighted by atomic mass is 9.99. The number of amides is 1. The van der Waals surface area contributed by atoms with Gasteiger partial charge in [-0.2, -0.15) is 0 Å². The number of anilines is 1. The van der Waals surface area contributed by atoms with Crippen molar-refractivity contribution in [3.05, 3.63) is 58.3 Å². The maximum atomic E-state index is 13.2. The van der Waals surface area contributed by atoms with Gasteiger partial charge in [-0.1, -0.05) is 6.42 Å². The fraction of sp³-hybridized carbons (Fsp3) is 0.375. The van der Waals surface area contributed by atoms with Gasteiger partial charge < -0.3 is 15.2 Å². The summed E-state index contributed by atoms with van der Waals surface area (Å²) in [5.41, 5.74) is 1.48. The van der Waals surface area contributed by atoms with Crippen LogP contribution in [0.25, 0.3) is 10.2 Å². The smallest absolute Gasteiger partial charge is 0.350 e. The monoisotopic (exact) mass is 471 g/mol. The zero-order valence-electron chi connectivity index (χ0n) is 18.3. The number of carbonyl (C=O) groups is 2. The number of benzene rings is 1. The number of aliphatic hydroxyl groups excluding tert-OH is 1. The molecule has 174 valence electrons. The number of pyridine rings is 1. The Balaban J connectivity index is 1.63. The van der Waals surface area contributed by atoms with Crippen molar-refractivity contribution in [2.45, 2.75) is 38.3 Å². The quantitative estimate of drug-likeness (QED) is 0.502. The number of thiophene rings is 1. The molecule has 1 aromatic carbocycles. The fourth-order valence-corrected chi connectivity index (χ4v) is 5.27. The first-order valence-corrected chi connectivity index (χ1v) is 11.7. The van der Waals surface area contributed by atoms with Crippen LogP contribution in [0.15, 0.2) is 36.4 Å². The van der Waals surface area contributed by atoms with Gasteiger partial charge in [0.05, 0.1) is 18.5 Å². The molecule has 1 aliphatic heterocycles. The molecule has 1 saturated heterocycles. The number of ether oxygens (including phenoxy) is 1. The highest BCUT2D eigenvalue weighted by Crippen LogP contribution is 2.36. The molecule has 1 amide bonds. The molecule has 0 aliphatic carbocycles. The van der Waals surface area contributed by atoms with Crippen molar-refractivity contribution in [2.75, 3.05) is 25.6 Å². The molecule has 0 bridgehead atoms. The molecule has 1 aliphatic rings. The highest BCUT2D eigenvalue weighted by atomic mass is 32.1.